The Balaban J connectivity index is 2.19. The van der Waals surface area contributed by atoms with Gasteiger partial charge in [0, 0.05) is 5.56 Å². The molecule has 1 N–H and O–H groups in total. The fraction of sp³-hybridized carbons (Fsp3) is 0.417. The molecular formula is C12H14O2. The molecule has 0 aromatic heterocycles. The number of aldehydes is 1. The molecule has 2 unspecified atom stereocenters. The molecule has 2 heteroatoms. The molecule has 0 amide bonds. The first-order chi connectivity index (χ1) is 6.79. The lowest BCUT2D eigenvalue weighted by Gasteiger charge is -2.09. The van der Waals surface area contributed by atoms with E-state index in [-0.39, 0.29) is 6.10 Å². The molecule has 2 rings (SSSR count). The van der Waals surface area contributed by atoms with Crippen molar-refractivity contribution >= 4 is 6.29 Å². The Morgan fingerprint density at radius 3 is 2.86 bits per heavy atom. The molecule has 1 aromatic rings. The molecule has 1 fully saturated rings. The molecule has 2 atom stereocenters. The highest BCUT2D eigenvalue weighted by Gasteiger charge is 2.23. The normalized spacial score (nSPS) is 26.4. The summed E-state index contributed by atoms with van der Waals surface area (Å²) >= 11 is 0. The molecule has 1 aliphatic rings. The lowest BCUT2D eigenvalue weighted by molar-refractivity contribution is 0.112. The van der Waals surface area contributed by atoms with Crippen LogP contribution in [-0.4, -0.2) is 17.5 Å². The highest BCUT2D eigenvalue weighted by molar-refractivity contribution is 5.75. The minimum absolute atomic E-state index is 0.153. The summed E-state index contributed by atoms with van der Waals surface area (Å²) in [5.74, 6) is 0.435. The Morgan fingerprint density at radius 2 is 2.21 bits per heavy atom. The van der Waals surface area contributed by atoms with E-state index in [1.165, 1.54) is 5.56 Å². The Hall–Kier alpha value is -1.15. The van der Waals surface area contributed by atoms with Gasteiger partial charge in [0.2, 0.25) is 0 Å². The van der Waals surface area contributed by atoms with Gasteiger partial charge < -0.3 is 5.11 Å². The Labute approximate surface area is 83.6 Å². The van der Waals surface area contributed by atoms with E-state index in [0.717, 1.165) is 31.1 Å². The lowest BCUT2D eigenvalue weighted by Crippen LogP contribution is -1.99. The number of benzene rings is 1. The number of carbonyl (C=O) groups excluding carboxylic acids is 1. The summed E-state index contributed by atoms with van der Waals surface area (Å²) in [5.41, 5.74) is 1.91. The van der Waals surface area contributed by atoms with Crippen LogP contribution in [0.5, 0.6) is 0 Å². The van der Waals surface area contributed by atoms with Gasteiger partial charge in [-0.05, 0) is 36.8 Å². The number of aliphatic hydroxyl groups excluding tert-OH is 1. The van der Waals surface area contributed by atoms with E-state index in [1.54, 1.807) is 0 Å². The second kappa shape index (κ2) is 3.93. The van der Waals surface area contributed by atoms with Gasteiger partial charge in [-0.2, -0.15) is 0 Å². The molecule has 0 aliphatic heterocycles. The van der Waals surface area contributed by atoms with E-state index in [0.29, 0.717) is 5.92 Å². The van der Waals surface area contributed by atoms with Crippen LogP contribution in [0.2, 0.25) is 0 Å². The van der Waals surface area contributed by atoms with Gasteiger partial charge in [-0.3, -0.25) is 4.79 Å². The summed E-state index contributed by atoms with van der Waals surface area (Å²) in [7, 11) is 0. The molecule has 14 heavy (non-hydrogen) atoms. The standard InChI is InChI=1S/C12H14O2/c13-8-9-2-1-3-10(6-9)11-4-5-12(14)7-11/h1-3,6,8,11-12,14H,4-5,7H2. The van der Waals surface area contributed by atoms with Crippen LogP contribution in [0.1, 0.15) is 41.1 Å². The molecule has 0 bridgehead atoms. The predicted molar refractivity (Wildman–Crippen MR) is 54.4 cm³/mol. The zero-order chi connectivity index (χ0) is 9.97. The van der Waals surface area contributed by atoms with Crippen molar-refractivity contribution in [2.24, 2.45) is 0 Å². The summed E-state index contributed by atoms with van der Waals surface area (Å²) < 4.78 is 0. The molecule has 74 valence electrons. The van der Waals surface area contributed by atoms with Crippen LogP contribution in [0.15, 0.2) is 24.3 Å². The molecule has 0 radical (unpaired) electrons. The van der Waals surface area contributed by atoms with Gasteiger partial charge in [0.15, 0.2) is 0 Å². The topological polar surface area (TPSA) is 37.3 Å². The number of hydrogen-bond acceptors (Lipinski definition) is 2. The van der Waals surface area contributed by atoms with Crippen molar-refractivity contribution in [2.75, 3.05) is 0 Å². The van der Waals surface area contributed by atoms with Gasteiger partial charge in [0.1, 0.15) is 6.29 Å². The second-order valence-electron chi connectivity index (χ2n) is 3.95. The SMILES string of the molecule is O=Cc1cccc(C2CCC(O)C2)c1. The summed E-state index contributed by atoms with van der Waals surface area (Å²) in [5, 5.41) is 9.42. The van der Waals surface area contributed by atoms with Crippen LogP contribution >= 0.6 is 0 Å². The molecule has 1 saturated carbocycles. The maximum Gasteiger partial charge on any atom is 0.150 e. The van der Waals surface area contributed by atoms with Crippen LogP contribution in [-0.2, 0) is 0 Å². The van der Waals surface area contributed by atoms with E-state index in [9.17, 15) is 9.90 Å². The van der Waals surface area contributed by atoms with Crippen molar-refractivity contribution in [3.8, 4) is 0 Å². The average molecular weight is 190 g/mol. The average Bonchev–Trinajstić information content (AvgIpc) is 2.65. The largest absolute Gasteiger partial charge is 0.393 e. The molecule has 0 heterocycles. The van der Waals surface area contributed by atoms with Gasteiger partial charge in [0.25, 0.3) is 0 Å². The van der Waals surface area contributed by atoms with Gasteiger partial charge in [-0.15, -0.1) is 0 Å². The van der Waals surface area contributed by atoms with Crippen molar-refractivity contribution in [1.82, 2.24) is 0 Å². The van der Waals surface area contributed by atoms with Gasteiger partial charge in [-0.1, -0.05) is 18.2 Å². The highest BCUT2D eigenvalue weighted by Crippen LogP contribution is 2.34. The zero-order valence-electron chi connectivity index (χ0n) is 8.02. The van der Waals surface area contributed by atoms with E-state index in [2.05, 4.69) is 0 Å². The zero-order valence-corrected chi connectivity index (χ0v) is 8.02. The molecule has 0 spiro atoms. The minimum atomic E-state index is -0.153. The van der Waals surface area contributed by atoms with E-state index < -0.39 is 0 Å². The van der Waals surface area contributed by atoms with Gasteiger partial charge >= 0.3 is 0 Å². The van der Waals surface area contributed by atoms with E-state index in [1.807, 2.05) is 24.3 Å². The van der Waals surface area contributed by atoms with Crippen molar-refractivity contribution < 1.29 is 9.90 Å². The third kappa shape index (κ3) is 1.85. The molecular weight excluding hydrogens is 176 g/mol. The van der Waals surface area contributed by atoms with E-state index in [4.69, 9.17) is 0 Å². The minimum Gasteiger partial charge on any atom is -0.393 e. The van der Waals surface area contributed by atoms with Gasteiger partial charge in [0.05, 0.1) is 6.10 Å². The summed E-state index contributed by atoms with van der Waals surface area (Å²) in [6.07, 6.45) is 3.47. The van der Waals surface area contributed by atoms with Crippen LogP contribution in [0.4, 0.5) is 0 Å². The Kier molecular flexibility index (Phi) is 2.64. The first kappa shape index (κ1) is 9.41. The highest BCUT2D eigenvalue weighted by atomic mass is 16.3. The van der Waals surface area contributed by atoms with E-state index >= 15 is 0 Å². The fourth-order valence-electron chi connectivity index (χ4n) is 2.15. The van der Waals surface area contributed by atoms with Crippen molar-refractivity contribution in [1.29, 1.82) is 0 Å². The maximum atomic E-state index is 10.6. The number of carbonyl (C=O) groups is 1. The number of aliphatic hydroxyl groups is 1. The molecule has 0 saturated heterocycles. The first-order valence-electron chi connectivity index (χ1n) is 5.03. The quantitative estimate of drug-likeness (QED) is 0.725. The van der Waals surface area contributed by atoms with Crippen molar-refractivity contribution in [3.63, 3.8) is 0 Å². The summed E-state index contributed by atoms with van der Waals surface area (Å²) in [6, 6.07) is 7.68. The number of hydrogen-bond donors (Lipinski definition) is 1. The summed E-state index contributed by atoms with van der Waals surface area (Å²) in [4.78, 5) is 10.6. The Bertz CT molecular complexity index is 333. The van der Waals surface area contributed by atoms with Gasteiger partial charge in [-0.25, -0.2) is 0 Å². The Morgan fingerprint density at radius 1 is 1.36 bits per heavy atom. The number of rotatable bonds is 2. The van der Waals surface area contributed by atoms with Crippen molar-refractivity contribution in [3.05, 3.63) is 35.4 Å². The predicted octanol–water partition coefficient (Wildman–Crippen LogP) is 2.13. The maximum absolute atomic E-state index is 10.6. The van der Waals surface area contributed by atoms with Crippen LogP contribution < -0.4 is 0 Å². The van der Waals surface area contributed by atoms with Crippen LogP contribution in [0.3, 0.4) is 0 Å². The van der Waals surface area contributed by atoms with Crippen LogP contribution in [0, 0.1) is 0 Å². The second-order valence-corrected chi connectivity index (χ2v) is 3.95. The third-order valence-corrected chi connectivity index (χ3v) is 2.92. The smallest absolute Gasteiger partial charge is 0.150 e. The fourth-order valence-corrected chi connectivity index (χ4v) is 2.15. The monoisotopic (exact) mass is 190 g/mol. The van der Waals surface area contributed by atoms with Crippen molar-refractivity contribution in [2.45, 2.75) is 31.3 Å². The van der Waals surface area contributed by atoms with Crippen LogP contribution in [0.25, 0.3) is 0 Å². The molecule has 1 aliphatic carbocycles. The first-order valence-corrected chi connectivity index (χ1v) is 5.03. The summed E-state index contributed by atoms with van der Waals surface area (Å²) in [6.45, 7) is 0. The lowest BCUT2D eigenvalue weighted by atomic mass is 9.96. The molecule has 1 aromatic carbocycles. The molecule has 2 nitrogen and oxygen atoms in total. The third-order valence-electron chi connectivity index (χ3n) is 2.92.